The number of nitrogens with zero attached hydrogens (tertiary/aromatic N) is 1. The van der Waals surface area contributed by atoms with E-state index in [-0.39, 0.29) is 0 Å². The third-order valence-corrected chi connectivity index (χ3v) is 4.34. The Morgan fingerprint density at radius 1 is 1.35 bits per heavy atom. The number of allylic oxidation sites excluding steroid dienone is 4. The van der Waals surface area contributed by atoms with E-state index in [9.17, 15) is 5.11 Å². The van der Waals surface area contributed by atoms with Crippen LogP contribution in [0.1, 0.15) is 46.5 Å². The van der Waals surface area contributed by atoms with Gasteiger partial charge in [0.05, 0.1) is 0 Å². The summed E-state index contributed by atoms with van der Waals surface area (Å²) in [5.41, 5.74) is 0.386. The van der Waals surface area contributed by atoms with Gasteiger partial charge in [-0.25, -0.2) is 0 Å². The SMILES string of the molecule is BC(O)(C#CCC)N(C)PCCC(/C=C\CC)=C/CC. The summed E-state index contributed by atoms with van der Waals surface area (Å²) in [6, 6.07) is 0. The van der Waals surface area contributed by atoms with Gasteiger partial charge in [0.1, 0.15) is 5.62 Å². The van der Waals surface area contributed by atoms with Crippen LogP contribution in [-0.4, -0.2) is 36.5 Å². The van der Waals surface area contributed by atoms with E-state index in [2.05, 4.69) is 43.9 Å². The summed E-state index contributed by atoms with van der Waals surface area (Å²) in [5.74, 6) is 5.87. The Bertz CT molecular complexity index is 380. The average molecular weight is 293 g/mol. The molecule has 0 saturated heterocycles. The Morgan fingerprint density at radius 3 is 2.60 bits per heavy atom. The fraction of sp³-hybridized carbons (Fsp3) is 0.625. The third kappa shape index (κ3) is 8.59. The third-order valence-electron chi connectivity index (χ3n) is 2.95. The van der Waals surface area contributed by atoms with Crippen LogP contribution in [0.25, 0.3) is 0 Å². The summed E-state index contributed by atoms with van der Waals surface area (Å²) in [7, 11) is 4.28. The molecule has 0 radical (unpaired) electrons. The van der Waals surface area contributed by atoms with Crippen molar-refractivity contribution in [3.8, 4) is 11.8 Å². The number of hydrogen-bond donors (Lipinski definition) is 1. The minimum atomic E-state index is -1.01. The Balaban J connectivity index is 4.33. The highest BCUT2D eigenvalue weighted by Crippen LogP contribution is 2.25. The molecule has 112 valence electrons. The molecule has 20 heavy (non-hydrogen) atoms. The molecular weight excluding hydrogens is 264 g/mol. The number of hydrogen-bond acceptors (Lipinski definition) is 2. The summed E-state index contributed by atoms with van der Waals surface area (Å²) in [4.78, 5) is 0. The fourth-order valence-electron chi connectivity index (χ4n) is 1.65. The predicted molar refractivity (Wildman–Crippen MR) is 94.9 cm³/mol. The molecule has 0 rings (SSSR count). The number of rotatable bonds is 8. The summed E-state index contributed by atoms with van der Waals surface area (Å²) in [6.07, 6.45) is 11.8. The maximum atomic E-state index is 10.3. The molecule has 0 heterocycles. The first-order valence-electron chi connectivity index (χ1n) is 7.53. The first-order chi connectivity index (χ1) is 9.47. The highest BCUT2D eigenvalue weighted by Gasteiger charge is 2.22. The lowest BCUT2D eigenvalue weighted by atomic mass is 9.92. The van der Waals surface area contributed by atoms with Gasteiger partial charge >= 0.3 is 0 Å². The molecule has 2 atom stereocenters. The van der Waals surface area contributed by atoms with Crippen LogP contribution >= 0.6 is 8.73 Å². The van der Waals surface area contributed by atoms with Crippen molar-refractivity contribution in [3.05, 3.63) is 23.8 Å². The first-order valence-corrected chi connectivity index (χ1v) is 8.68. The molecule has 1 N–H and O–H groups in total. The van der Waals surface area contributed by atoms with Crippen LogP contribution < -0.4 is 0 Å². The molecule has 0 aliphatic carbocycles. The molecule has 0 aromatic carbocycles. The molecule has 0 amide bonds. The smallest absolute Gasteiger partial charge is 0.179 e. The molecule has 0 aromatic heterocycles. The largest absolute Gasteiger partial charge is 0.373 e. The van der Waals surface area contributed by atoms with E-state index >= 15 is 0 Å². The van der Waals surface area contributed by atoms with Gasteiger partial charge in [0, 0.05) is 6.42 Å². The standard InChI is InChI=1S/C16H29BNOP/c1-5-8-11-15(10-7-3)12-14-20-18(4)16(17,19)13-9-6-2/h8,10-11,19-20H,5-7,12,14,17H2,1-4H3/b11-8-,15-10+. The van der Waals surface area contributed by atoms with E-state index < -0.39 is 5.62 Å². The summed E-state index contributed by atoms with van der Waals surface area (Å²) in [6.45, 7) is 6.31. The van der Waals surface area contributed by atoms with Crippen LogP contribution in [0.2, 0.25) is 0 Å². The molecule has 0 fully saturated rings. The van der Waals surface area contributed by atoms with Crippen molar-refractivity contribution in [2.24, 2.45) is 0 Å². The minimum Gasteiger partial charge on any atom is -0.373 e. The Hall–Kier alpha value is -0.545. The van der Waals surface area contributed by atoms with Crippen molar-refractivity contribution >= 4 is 16.6 Å². The van der Waals surface area contributed by atoms with Crippen molar-refractivity contribution in [3.63, 3.8) is 0 Å². The van der Waals surface area contributed by atoms with Crippen LogP contribution in [0.15, 0.2) is 23.8 Å². The number of aliphatic hydroxyl groups is 1. The van der Waals surface area contributed by atoms with Gasteiger partial charge in [-0.05, 0) is 41.2 Å². The topological polar surface area (TPSA) is 23.5 Å². The molecule has 0 saturated carbocycles. The maximum absolute atomic E-state index is 10.3. The van der Waals surface area contributed by atoms with E-state index in [1.807, 2.05) is 18.6 Å². The lowest BCUT2D eigenvalue weighted by Crippen LogP contribution is -2.41. The minimum absolute atomic E-state index is 0.577. The molecule has 0 aliphatic heterocycles. The molecule has 0 aliphatic rings. The zero-order valence-corrected chi connectivity index (χ0v) is 14.7. The van der Waals surface area contributed by atoms with Crippen molar-refractivity contribution in [2.45, 2.75) is 52.1 Å². The lowest BCUT2D eigenvalue weighted by molar-refractivity contribution is 0.0934. The fourth-order valence-corrected chi connectivity index (χ4v) is 2.75. The molecule has 4 heteroatoms. The second kappa shape index (κ2) is 11.2. The van der Waals surface area contributed by atoms with Crippen molar-refractivity contribution in [1.29, 1.82) is 0 Å². The Kier molecular flexibility index (Phi) is 10.8. The van der Waals surface area contributed by atoms with Crippen LogP contribution in [0.4, 0.5) is 0 Å². The van der Waals surface area contributed by atoms with E-state index in [4.69, 9.17) is 0 Å². The van der Waals surface area contributed by atoms with Gasteiger partial charge in [0.15, 0.2) is 7.85 Å². The summed E-state index contributed by atoms with van der Waals surface area (Å²) >= 11 is 0. The van der Waals surface area contributed by atoms with E-state index in [1.165, 1.54) is 5.57 Å². The maximum Gasteiger partial charge on any atom is 0.179 e. The zero-order chi connectivity index (χ0) is 15.4. The van der Waals surface area contributed by atoms with Crippen molar-refractivity contribution < 1.29 is 5.11 Å². The quantitative estimate of drug-likeness (QED) is 0.244. The van der Waals surface area contributed by atoms with Crippen LogP contribution in [0, 0.1) is 11.8 Å². The van der Waals surface area contributed by atoms with Gasteiger partial charge in [-0.3, -0.25) is 4.67 Å². The highest BCUT2D eigenvalue weighted by molar-refractivity contribution is 7.35. The molecule has 0 aromatic rings. The van der Waals surface area contributed by atoms with E-state index in [1.54, 1.807) is 7.85 Å². The molecule has 2 unspecified atom stereocenters. The van der Waals surface area contributed by atoms with Gasteiger partial charge < -0.3 is 5.11 Å². The Morgan fingerprint density at radius 2 is 2.05 bits per heavy atom. The second-order valence-corrected chi connectivity index (χ2v) is 6.38. The van der Waals surface area contributed by atoms with E-state index in [0.29, 0.717) is 8.73 Å². The van der Waals surface area contributed by atoms with Crippen molar-refractivity contribution in [1.82, 2.24) is 4.67 Å². The van der Waals surface area contributed by atoms with Crippen LogP contribution in [0.5, 0.6) is 0 Å². The zero-order valence-electron chi connectivity index (χ0n) is 13.7. The van der Waals surface area contributed by atoms with Crippen molar-refractivity contribution in [2.75, 3.05) is 13.2 Å². The lowest BCUT2D eigenvalue weighted by Gasteiger charge is -2.29. The van der Waals surface area contributed by atoms with Gasteiger partial charge in [-0.1, -0.05) is 56.4 Å². The molecular formula is C16H29BNOP. The first kappa shape index (κ1) is 19.5. The molecule has 0 bridgehead atoms. The summed E-state index contributed by atoms with van der Waals surface area (Å²) in [5, 5.41) is 10.3. The highest BCUT2D eigenvalue weighted by atomic mass is 31.1. The van der Waals surface area contributed by atoms with Crippen LogP contribution in [0.3, 0.4) is 0 Å². The second-order valence-electron chi connectivity index (χ2n) is 4.89. The summed E-state index contributed by atoms with van der Waals surface area (Å²) < 4.78 is 1.95. The van der Waals surface area contributed by atoms with E-state index in [0.717, 1.165) is 31.8 Å². The monoisotopic (exact) mass is 293 g/mol. The predicted octanol–water partition coefficient (Wildman–Crippen LogP) is 2.90. The van der Waals surface area contributed by atoms with Crippen LogP contribution in [-0.2, 0) is 0 Å². The molecule has 2 nitrogen and oxygen atoms in total. The van der Waals surface area contributed by atoms with Gasteiger partial charge in [0.2, 0.25) is 0 Å². The Labute approximate surface area is 128 Å². The molecule has 0 spiro atoms. The average Bonchev–Trinajstić information content (AvgIpc) is 2.42. The normalized spacial score (nSPS) is 15.8. The van der Waals surface area contributed by atoms with Gasteiger partial charge in [-0.2, -0.15) is 0 Å². The van der Waals surface area contributed by atoms with Gasteiger partial charge in [0.25, 0.3) is 0 Å². The van der Waals surface area contributed by atoms with Gasteiger partial charge in [-0.15, -0.1) is 0 Å².